The Kier molecular flexibility index (Phi) is 2.46. The highest BCUT2D eigenvalue weighted by atomic mass is 16.5. The Hall–Kier alpha value is -0.340. The van der Waals surface area contributed by atoms with Gasteiger partial charge in [0.05, 0.1) is 12.1 Å². The van der Waals surface area contributed by atoms with Gasteiger partial charge in [-0.1, -0.05) is 12.2 Å². The van der Waals surface area contributed by atoms with Crippen molar-refractivity contribution in [3.8, 4) is 0 Å². The third kappa shape index (κ3) is 1.39. The zero-order valence-electron chi connectivity index (χ0n) is 6.87. The molecule has 0 fully saturated rings. The highest BCUT2D eigenvalue weighted by Crippen LogP contribution is 2.12. The van der Waals surface area contributed by atoms with Crippen molar-refractivity contribution in [2.24, 2.45) is 0 Å². The summed E-state index contributed by atoms with van der Waals surface area (Å²) in [7, 11) is 3.87. The topological polar surface area (TPSA) is 12.5 Å². The number of hydrogen-bond acceptors (Lipinski definition) is 2. The van der Waals surface area contributed by atoms with Gasteiger partial charge in [0.15, 0.2) is 0 Å². The predicted molar refractivity (Wildman–Crippen MR) is 42.0 cm³/mol. The first-order valence-corrected chi connectivity index (χ1v) is 3.65. The molecular weight excluding hydrogens is 126 g/mol. The van der Waals surface area contributed by atoms with E-state index >= 15 is 0 Å². The van der Waals surface area contributed by atoms with Crippen LogP contribution < -0.4 is 0 Å². The summed E-state index contributed by atoms with van der Waals surface area (Å²) in [5.41, 5.74) is 0. The number of nitrogens with zero attached hydrogens (tertiary/aromatic N) is 1. The molecule has 0 radical (unpaired) electrons. The van der Waals surface area contributed by atoms with Gasteiger partial charge >= 0.3 is 0 Å². The van der Waals surface area contributed by atoms with E-state index in [2.05, 4.69) is 31.0 Å². The molecule has 1 aliphatic heterocycles. The number of ether oxygens (including phenoxy) is 1. The van der Waals surface area contributed by atoms with Crippen molar-refractivity contribution in [1.29, 1.82) is 0 Å². The van der Waals surface area contributed by atoms with E-state index in [1.165, 1.54) is 0 Å². The number of likely N-dealkylation sites (N-methyl/N-ethyl adjacent to an activating group) is 1. The molecule has 0 saturated carbocycles. The molecule has 0 spiro atoms. The van der Waals surface area contributed by atoms with E-state index in [-0.39, 0.29) is 0 Å². The molecule has 2 heteroatoms. The highest BCUT2D eigenvalue weighted by molar-refractivity contribution is 5.05. The first kappa shape index (κ1) is 7.76. The molecular formula is C8H15NO. The molecule has 0 aromatic heterocycles. The average molecular weight is 141 g/mol. The van der Waals surface area contributed by atoms with Crippen molar-refractivity contribution in [1.82, 2.24) is 4.90 Å². The number of methoxy groups -OCH3 is 1. The zero-order valence-corrected chi connectivity index (χ0v) is 6.87. The molecule has 10 heavy (non-hydrogen) atoms. The molecule has 2 nitrogen and oxygen atoms in total. The van der Waals surface area contributed by atoms with Crippen molar-refractivity contribution >= 4 is 0 Å². The summed E-state index contributed by atoms with van der Waals surface area (Å²) in [5, 5.41) is 0. The van der Waals surface area contributed by atoms with Crippen molar-refractivity contribution < 1.29 is 4.74 Å². The van der Waals surface area contributed by atoms with Crippen molar-refractivity contribution in [2.75, 3.05) is 20.7 Å². The Balaban J connectivity index is 2.46. The Bertz CT molecular complexity index is 133. The van der Waals surface area contributed by atoms with E-state index in [4.69, 9.17) is 4.74 Å². The van der Waals surface area contributed by atoms with Crippen molar-refractivity contribution in [2.45, 2.75) is 19.1 Å². The lowest BCUT2D eigenvalue weighted by Gasteiger charge is -2.24. The lowest BCUT2D eigenvalue weighted by atomic mass is 10.2. The fourth-order valence-electron chi connectivity index (χ4n) is 1.29. The Morgan fingerprint density at radius 3 is 2.80 bits per heavy atom. The number of hydrogen-bond donors (Lipinski definition) is 0. The van der Waals surface area contributed by atoms with E-state index in [1.807, 2.05) is 0 Å². The first-order valence-electron chi connectivity index (χ1n) is 3.65. The summed E-state index contributed by atoms with van der Waals surface area (Å²) in [6.07, 6.45) is 4.69. The molecule has 1 heterocycles. The van der Waals surface area contributed by atoms with Crippen LogP contribution in [0.4, 0.5) is 0 Å². The van der Waals surface area contributed by atoms with E-state index in [1.54, 1.807) is 7.11 Å². The van der Waals surface area contributed by atoms with Gasteiger partial charge in [-0.15, -0.1) is 0 Å². The predicted octanol–water partition coefficient (Wildman–Crippen LogP) is 0.891. The lowest BCUT2D eigenvalue weighted by molar-refractivity contribution is 0.0652. The average Bonchev–Trinajstić information content (AvgIpc) is 2.34. The molecule has 0 bridgehead atoms. The summed E-state index contributed by atoms with van der Waals surface area (Å²) >= 11 is 0. The summed E-state index contributed by atoms with van der Waals surface area (Å²) in [4.78, 5) is 2.27. The summed E-state index contributed by atoms with van der Waals surface area (Å²) in [6.45, 7) is 3.15. The van der Waals surface area contributed by atoms with Gasteiger partial charge in [0.2, 0.25) is 0 Å². The van der Waals surface area contributed by atoms with Gasteiger partial charge in [-0.2, -0.15) is 0 Å². The standard InChI is InChI=1S/C8H15NO/c1-7(10-3)8-5-4-6-9(8)2/h4-5,7-8H,6H2,1-3H3/t7-,8?/m0/s1. The molecule has 58 valence electrons. The second-order valence-electron chi connectivity index (χ2n) is 2.80. The normalized spacial score (nSPS) is 29.3. The Morgan fingerprint density at radius 1 is 1.70 bits per heavy atom. The van der Waals surface area contributed by atoms with Crippen LogP contribution >= 0.6 is 0 Å². The van der Waals surface area contributed by atoms with Crippen LogP contribution in [0.25, 0.3) is 0 Å². The fourth-order valence-corrected chi connectivity index (χ4v) is 1.29. The molecule has 1 aliphatic rings. The molecule has 2 atom stereocenters. The van der Waals surface area contributed by atoms with Crippen LogP contribution in [-0.4, -0.2) is 37.7 Å². The van der Waals surface area contributed by atoms with Gasteiger partial charge in [-0.25, -0.2) is 0 Å². The SMILES string of the molecule is CO[C@@H](C)C1C=CCN1C. The molecule has 0 aromatic rings. The summed E-state index contributed by atoms with van der Waals surface area (Å²) in [6, 6.07) is 0.477. The summed E-state index contributed by atoms with van der Waals surface area (Å²) in [5.74, 6) is 0. The first-order chi connectivity index (χ1) is 4.75. The third-order valence-corrected chi connectivity index (χ3v) is 2.09. The van der Waals surface area contributed by atoms with E-state index < -0.39 is 0 Å². The Labute approximate surface area is 62.5 Å². The van der Waals surface area contributed by atoms with Gasteiger partial charge in [-0.3, -0.25) is 4.90 Å². The molecule has 1 unspecified atom stereocenters. The maximum Gasteiger partial charge on any atom is 0.0734 e. The zero-order chi connectivity index (χ0) is 7.56. The second kappa shape index (κ2) is 3.17. The van der Waals surface area contributed by atoms with Crippen LogP contribution in [0.3, 0.4) is 0 Å². The quantitative estimate of drug-likeness (QED) is 0.529. The van der Waals surface area contributed by atoms with Crippen LogP contribution in [-0.2, 0) is 4.74 Å². The highest BCUT2D eigenvalue weighted by Gasteiger charge is 2.21. The van der Waals surface area contributed by atoms with Crippen LogP contribution in [0.5, 0.6) is 0 Å². The maximum atomic E-state index is 5.21. The third-order valence-electron chi connectivity index (χ3n) is 2.09. The van der Waals surface area contributed by atoms with Gasteiger partial charge in [0, 0.05) is 13.7 Å². The minimum absolute atomic E-state index is 0.309. The molecule has 0 amide bonds. The minimum atomic E-state index is 0.309. The van der Waals surface area contributed by atoms with Gasteiger partial charge in [0.1, 0.15) is 0 Å². The monoisotopic (exact) mass is 141 g/mol. The van der Waals surface area contributed by atoms with Crippen LogP contribution in [0.1, 0.15) is 6.92 Å². The van der Waals surface area contributed by atoms with Crippen LogP contribution in [0.15, 0.2) is 12.2 Å². The second-order valence-corrected chi connectivity index (χ2v) is 2.80. The Morgan fingerprint density at radius 2 is 2.40 bits per heavy atom. The van der Waals surface area contributed by atoms with Gasteiger partial charge in [-0.05, 0) is 14.0 Å². The number of rotatable bonds is 2. The van der Waals surface area contributed by atoms with Gasteiger partial charge in [0.25, 0.3) is 0 Å². The van der Waals surface area contributed by atoms with Gasteiger partial charge < -0.3 is 4.74 Å². The lowest BCUT2D eigenvalue weighted by Crippen LogP contribution is -2.35. The van der Waals surface area contributed by atoms with Crippen LogP contribution in [0.2, 0.25) is 0 Å². The van der Waals surface area contributed by atoms with Crippen molar-refractivity contribution in [3.05, 3.63) is 12.2 Å². The molecule has 0 aliphatic carbocycles. The molecule has 0 saturated heterocycles. The summed E-state index contributed by atoms with van der Waals surface area (Å²) < 4.78 is 5.21. The molecule has 0 aromatic carbocycles. The van der Waals surface area contributed by atoms with Crippen molar-refractivity contribution in [3.63, 3.8) is 0 Å². The molecule has 1 rings (SSSR count). The van der Waals surface area contributed by atoms with E-state index in [0.717, 1.165) is 6.54 Å². The smallest absolute Gasteiger partial charge is 0.0734 e. The minimum Gasteiger partial charge on any atom is -0.380 e. The molecule has 0 N–H and O–H groups in total. The van der Waals surface area contributed by atoms with Crippen LogP contribution in [0, 0.1) is 0 Å². The maximum absolute atomic E-state index is 5.21. The van der Waals surface area contributed by atoms with E-state index in [9.17, 15) is 0 Å². The van der Waals surface area contributed by atoms with E-state index in [0.29, 0.717) is 12.1 Å². The fraction of sp³-hybridized carbons (Fsp3) is 0.750. The largest absolute Gasteiger partial charge is 0.380 e.